The lowest BCUT2D eigenvalue weighted by Gasteiger charge is -2.12. The Hall–Kier alpha value is -0.900. The van der Waals surface area contributed by atoms with Gasteiger partial charge >= 0.3 is 6.36 Å². The van der Waals surface area contributed by atoms with Gasteiger partial charge in [-0.05, 0) is 30.0 Å². The predicted octanol–water partition coefficient (Wildman–Crippen LogP) is 4.44. The Morgan fingerprint density at radius 2 is 1.94 bits per heavy atom. The van der Waals surface area contributed by atoms with Gasteiger partial charge in [0, 0.05) is 0 Å². The highest BCUT2D eigenvalue weighted by Gasteiger charge is 2.31. The molecule has 0 amide bonds. The molecular formula is C11H12ClF3O. The SMILES string of the molecule is CC(C)Cc1ccc(OC(F)(F)F)c(Cl)c1. The van der Waals surface area contributed by atoms with Crippen molar-refractivity contribution >= 4 is 11.6 Å². The third-order valence-corrected chi connectivity index (χ3v) is 2.16. The Bertz CT molecular complexity index is 361. The zero-order chi connectivity index (χ0) is 12.3. The van der Waals surface area contributed by atoms with Crippen molar-refractivity contribution in [3.05, 3.63) is 28.8 Å². The van der Waals surface area contributed by atoms with Gasteiger partial charge in [-0.15, -0.1) is 13.2 Å². The Kier molecular flexibility index (Phi) is 4.08. The summed E-state index contributed by atoms with van der Waals surface area (Å²) in [6, 6.07) is 4.34. The van der Waals surface area contributed by atoms with Crippen molar-refractivity contribution in [1.82, 2.24) is 0 Å². The van der Waals surface area contributed by atoms with Gasteiger partial charge < -0.3 is 4.74 Å². The minimum Gasteiger partial charge on any atom is -0.404 e. The van der Waals surface area contributed by atoms with E-state index in [9.17, 15) is 13.2 Å². The Labute approximate surface area is 97.2 Å². The van der Waals surface area contributed by atoms with Crippen LogP contribution in [0, 0.1) is 5.92 Å². The van der Waals surface area contributed by atoms with Crippen LogP contribution in [0.5, 0.6) is 5.75 Å². The normalized spacial score (nSPS) is 11.9. The van der Waals surface area contributed by atoms with E-state index < -0.39 is 6.36 Å². The van der Waals surface area contributed by atoms with Gasteiger partial charge in [0.25, 0.3) is 0 Å². The van der Waals surface area contributed by atoms with E-state index in [-0.39, 0.29) is 10.8 Å². The van der Waals surface area contributed by atoms with Crippen LogP contribution in [0.3, 0.4) is 0 Å². The Morgan fingerprint density at radius 3 is 2.38 bits per heavy atom. The quantitative estimate of drug-likeness (QED) is 0.773. The maximum absolute atomic E-state index is 12.0. The highest BCUT2D eigenvalue weighted by Crippen LogP contribution is 2.31. The number of alkyl halides is 3. The van der Waals surface area contributed by atoms with Gasteiger partial charge in [0.2, 0.25) is 0 Å². The summed E-state index contributed by atoms with van der Waals surface area (Å²) in [5.74, 6) is 0.0622. The third-order valence-electron chi connectivity index (χ3n) is 1.87. The fourth-order valence-electron chi connectivity index (χ4n) is 1.35. The molecule has 0 atom stereocenters. The summed E-state index contributed by atoms with van der Waals surface area (Å²) < 4.78 is 39.6. The van der Waals surface area contributed by atoms with Crippen molar-refractivity contribution in [2.75, 3.05) is 0 Å². The van der Waals surface area contributed by atoms with E-state index in [0.717, 1.165) is 12.0 Å². The van der Waals surface area contributed by atoms with Crippen LogP contribution < -0.4 is 4.74 Å². The molecule has 0 saturated heterocycles. The number of rotatable bonds is 3. The molecule has 0 aliphatic carbocycles. The van der Waals surface area contributed by atoms with Crippen molar-refractivity contribution in [3.63, 3.8) is 0 Å². The predicted molar refractivity (Wildman–Crippen MR) is 56.7 cm³/mol. The molecule has 0 saturated carbocycles. The molecule has 0 spiro atoms. The Morgan fingerprint density at radius 1 is 1.31 bits per heavy atom. The monoisotopic (exact) mass is 252 g/mol. The molecule has 0 heterocycles. The molecule has 1 aromatic carbocycles. The number of halogens is 4. The highest BCUT2D eigenvalue weighted by atomic mass is 35.5. The molecule has 0 aromatic heterocycles. The van der Waals surface area contributed by atoms with Gasteiger partial charge in [-0.3, -0.25) is 0 Å². The first-order valence-electron chi connectivity index (χ1n) is 4.82. The first kappa shape index (κ1) is 13.2. The zero-order valence-corrected chi connectivity index (χ0v) is 9.69. The summed E-state index contributed by atoms with van der Waals surface area (Å²) in [6.45, 7) is 4.04. The maximum Gasteiger partial charge on any atom is 0.573 e. The molecule has 16 heavy (non-hydrogen) atoms. The fourth-order valence-corrected chi connectivity index (χ4v) is 1.59. The van der Waals surface area contributed by atoms with Crippen LogP contribution >= 0.6 is 11.6 Å². The standard InChI is InChI=1S/C11H12ClF3O/c1-7(2)5-8-3-4-10(9(12)6-8)16-11(13,14)15/h3-4,6-7H,5H2,1-2H3. The molecule has 0 bridgehead atoms. The fraction of sp³-hybridized carbons (Fsp3) is 0.455. The number of ether oxygens (including phenoxy) is 1. The van der Waals surface area contributed by atoms with Gasteiger partial charge in [-0.1, -0.05) is 31.5 Å². The summed E-state index contributed by atoms with van der Waals surface area (Å²) in [7, 11) is 0. The molecule has 0 aliphatic rings. The summed E-state index contributed by atoms with van der Waals surface area (Å²) >= 11 is 5.69. The number of benzene rings is 1. The molecule has 0 N–H and O–H groups in total. The van der Waals surface area contributed by atoms with Gasteiger partial charge in [-0.25, -0.2) is 0 Å². The zero-order valence-electron chi connectivity index (χ0n) is 8.94. The minimum atomic E-state index is -4.71. The number of hydrogen-bond acceptors (Lipinski definition) is 1. The van der Waals surface area contributed by atoms with Crippen molar-refractivity contribution in [2.24, 2.45) is 5.92 Å². The molecule has 0 fully saturated rings. The van der Waals surface area contributed by atoms with Crippen LogP contribution in [0.1, 0.15) is 19.4 Å². The summed E-state index contributed by atoms with van der Waals surface area (Å²) in [6.07, 6.45) is -3.94. The lowest BCUT2D eigenvalue weighted by atomic mass is 10.0. The summed E-state index contributed by atoms with van der Waals surface area (Å²) in [5, 5.41) is -0.0181. The largest absolute Gasteiger partial charge is 0.573 e. The lowest BCUT2D eigenvalue weighted by Crippen LogP contribution is -2.17. The lowest BCUT2D eigenvalue weighted by molar-refractivity contribution is -0.274. The van der Waals surface area contributed by atoms with Gasteiger partial charge in [0.1, 0.15) is 5.75 Å². The van der Waals surface area contributed by atoms with Crippen molar-refractivity contribution in [3.8, 4) is 5.75 Å². The van der Waals surface area contributed by atoms with E-state index in [1.807, 2.05) is 13.8 Å². The second-order valence-corrected chi connectivity index (χ2v) is 4.32. The molecule has 0 aliphatic heterocycles. The third kappa shape index (κ3) is 4.31. The molecule has 5 heteroatoms. The molecule has 90 valence electrons. The van der Waals surface area contributed by atoms with Gasteiger partial charge in [-0.2, -0.15) is 0 Å². The van der Waals surface area contributed by atoms with Crippen LogP contribution in [-0.2, 0) is 6.42 Å². The second kappa shape index (κ2) is 4.95. The van der Waals surface area contributed by atoms with E-state index >= 15 is 0 Å². The smallest absolute Gasteiger partial charge is 0.404 e. The summed E-state index contributed by atoms with van der Waals surface area (Å²) in [5.41, 5.74) is 0.898. The summed E-state index contributed by atoms with van der Waals surface area (Å²) in [4.78, 5) is 0. The highest BCUT2D eigenvalue weighted by molar-refractivity contribution is 6.32. The second-order valence-electron chi connectivity index (χ2n) is 3.91. The van der Waals surface area contributed by atoms with Gasteiger partial charge in [0.15, 0.2) is 0 Å². The first-order chi connectivity index (χ1) is 7.28. The Balaban J connectivity index is 2.83. The average molecular weight is 253 g/mol. The molecule has 0 unspecified atom stereocenters. The van der Waals surface area contributed by atoms with E-state index in [4.69, 9.17) is 11.6 Å². The molecule has 1 rings (SSSR count). The van der Waals surface area contributed by atoms with E-state index in [1.54, 1.807) is 6.07 Å². The van der Waals surface area contributed by atoms with Crippen molar-refractivity contribution in [2.45, 2.75) is 26.6 Å². The van der Waals surface area contributed by atoms with Crippen LogP contribution in [0.15, 0.2) is 18.2 Å². The van der Waals surface area contributed by atoms with E-state index in [2.05, 4.69) is 4.74 Å². The van der Waals surface area contributed by atoms with E-state index in [0.29, 0.717) is 5.92 Å². The van der Waals surface area contributed by atoms with Crippen molar-refractivity contribution < 1.29 is 17.9 Å². The molecule has 1 nitrogen and oxygen atoms in total. The molecule has 0 radical (unpaired) electrons. The topological polar surface area (TPSA) is 9.23 Å². The van der Waals surface area contributed by atoms with E-state index in [1.165, 1.54) is 12.1 Å². The molecule has 1 aromatic rings. The number of hydrogen-bond donors (Lipinski definition) is 0. The average Bonchev–Trinajstić information content (AvgIpc) is 2.06. The minimum absolute atomic E-state index is 0.0181. The van der Waals surface area contributed by atoms with Crippen molar-refractivity contribution in [1.29, 1.82) is 0 Å². The van der Waals surface area contributed by atoms with Gasteiger partial charge in [0.05, 0.1) is 5.02 Å². The van der Waals surface area contributed by atoms with Crippen LogP contribution in [-0.4, -0.2) is 6.36 Å². The molecular weight excluding hydrogens is 241 g/mol. The first-order valence-corrected chi connectivity index (χ1v) is 5.20. The van der Waals surface area contributed by atoms with Crippen LogP contribution in [0.4, 0.5) is 13.2 Å². The van der Waals surface area contributed by atoms with Crippen LogP contribution in [0.2, 0.25) is 5.02 Å². The van der Waals surface area contributed by atoms with Crippen LogP contribution in [0.25, 0.3) is 0 Å². The maximum atomic E-state index is 12.0.